The number of nitrogens with zero attached hydrogens (tertiary/aromatic N) is 2. The van der Waals surface area contributed by atoms with Gasteiger partial charge in [-0.05, 0) is 56.2 Å². The maximum atomic E-state index is 13.3. The van der Waals surface area contributed by atoms with Crippen LogP contribution >= 0.6 is 24.0 Å². The van der Waals surface area contributed by atoms with Gasteiger partial charge in [-0.25, -0.2) is 0 Å². The van der Waals surface area contributed by atoms with Gasteiger partial charge < -0.3 is 9.64 Å². The van der Waals surface area contributed by atoms with Gasteiger partial charge in [-0.15, -0.1) is 0 Å². The largest absolute Gasteiger partial charge is 0.488 e. The average Bonchev–Trinajstić information content (AvgIpc) is 3.13. The second kappa shape index (κ2) is 10.9. The molecule has 4 rings (SSSR count). The van der Waals surface area contributed by atoms with Gasteiger partial charge in [0, 0.05) is 30.4 Å². The van der Waals surface area contributed by atoms with Crippen molar-refractivity contribution in [2.75, 3.05) is 22.9 Å². The van der Waals surface area contributed by atoms with Crippen LogP contribution in [0, 0.1) is 6.92 Å². The molecule has 1 saturated heterocycles. The number of rotatable bonds is 8. The highest BCUT2D eigenvalue weighted by molar-refractivity contribution is 8.27. The highest BCUT2D eigenvalue weighted by Gasteiger charge is 2.34. The number of para-hydroxylation sites is 1. The fourth-order valence-corrected chi connectivity index (χ4v) is 5.19. The Labute approximate surface area is 211 Å². The molecule has 0 aromatic heterocycles. The number of aryl methyl sites for hydroxylation is 1. The number of hydrogen-bond acceptors (Lipinski definition) is 5. The van der Waals surface area contributed by atoms with Crippen LogP contribution in [0.4, 0.5) is 11.4 Å². The first-order valence-electron chi connectivity index (χ1n) is 11.4. The molecule has 0 unspecified atom stereocenters. The molecule has 174 valence electrons. The van der Waals surface area contributed by atoms with Crippen LogP contribution in [0.5, 0.6) is 5.75 Å². The van der Waals surface area contributed by atoms with E-state index >= 15 is 0 Å². The van der Waals surface area contributed by atoms with Crippen LogP contribution in [0.15, 0.2) is 77.7 Å². The molecule has 1 heterocycles. The summed E-state index contributed by atoms with van der Waals surface area (Å²) in [6.07, 6.45) is 1.89. The number of hydrogen-bond donors (Lipinski definition) is 0. The number of ether oxygens (including phenoxy) is 1. The number of thioether (sulfide) groups is 1. The summed E-state index contributed by atoms with van der Waals surface area (Å²) in [6, 6.07) is 24.0. The van der Waals surface area contributed by atoms with Gasteiger partial charge in [-0.2, -0.15) is 0 Å². The SMILES string of the molecule is CCN(CC)c1ccc(/C=C2/SC(=S)N(c3ccccc3C)C2=O)c(OCc2ccccc2)c1. The van der Waals surface area contributed by atoms with E-state index in [0.717, 1.165) is 46.9 Å². The summed E-state index contributed by atoms with van der Waals surface area (Å²) in [5.41, 5.74) is 4.88. The Balaban J connectivity index is 1.67. The Bertz CT molecular complexity index is 1220. The molecule has 4 nitrogen and oxygen atoms in total. The lowest BCUT2D eigenvalue weighted by atomic mass is 10.1. The van der Waals surface area contributed by atoms with Crippen LogP contribution in [0.2, 0.25) is 0 Å². The predicted molar refractivity (Wildman–Crippen MR) is 148 cm³/mol. The van der Waals surface area contributed by atoms with Crippen LogP contribution in [-0.4, -0.2) is 23.3 Å². The molecule has 34 heavy (non-hydrogen) atoms. The van der Waals surface area contributed by atoms with E-state index in [1.807, 2.05) is 73.7 Å². The van der Waals surface area contributed by atoms with Crippen molar-refractivity contribution in [1.29, 1.82) is 0 Å². The molecular weight excluding hydrogens is 460 g/mol. The molecule has 3 aromatic carbocycles. The summed E-state index contributed by atoms with van der Waals surface area (Å²) < 4.78 is 6.81. The normalized spacial score (nSPS) is 14.7. The van der Waals surface area contributed by atoms with Gasteiger partial charge in [-0.3, -0.25) is 9.69 Å². The lowest BCUT2D eigenvalue weighted by Gasteiger charge is -2.22. The minimum absolute atomic E-state index is 0.105. The van der Waals surface area contributed by atoms with Crippen molar-refractivity contribution < 1.29 is 9.53 Å². The molecule has 0 spiro atoms. The van der Waals surface area contributed by atoms with Gasteiger partial charge >= 0.3 is 0 Å². The van der Waals surface area contributed by atoms with E-state index < -0.39 is 0 Å². The minimum atomic E-state index is -0.105. The Morgan fingerprint density at radius 1 is 1.00 bits per heavy atom. The molecule has 0 N–H and O–H groups in total. The number of carbonyl (C=O) groups is 1. The molecule has 0 aliphatic carbocycles. The average molecular weight is 489 g/mol. The number of carbonyl (C=O) groups excluding carboxylic acids is 1. The molecular formula is C28H28N2O2S2. The van der Waals surface area contributed by atoms with Crippen molar-refractivity contribution in [2.45, 2.75) is 27.4 Å². The number of amides is 1. The third-order valence-electron chi connectivity index (χ3n) is 5.80. The Morgan fingerprint density at radius 3 is 2.41 bits per heavy atom. The quantitative estimate of drug-likeness (QED) is 0.256. The van der Waals surface area contributed by atoms with Crippen molar-refractivity contribution in [3.05, 3.63) is 94.4 Å². The second-order valence-electron chi connectivity index (χ2n) is 7.97. The molecule has 1 amide bonds. The third kappa shape index (κ3) is 5.18. The summed E-state index contributed by atoms with van der Waals surface area (Å²) in [7, 11) is 0. The first-order chi connectivity index (χ1) is 16.5. The molecule has 1 aliphatic rings. The van der Waals surface area contributed by atoms with Gasteiger partial charge in [0.05, 0.1) is 10.6 Å². The zero-order chi connectivity index (χ0) is 24.1. The number of anilines is 2. The van der Waals surface area contributed by atoms with E-state index in [-0.39, 0.29) is 5.91 Å². The molecule has 1 fully saturated rings. The lowest BCUT2D eigenvalue weighted by molar-refractivity contribution is -0.113. The van der Waals surface area contributed by atoms with Crippen molar-refractivity contribution in [1.82, 2.24) is 0 Å². The summed E-state index contributed by atoms with van der Waals surface area (Å²) in [5, 5.41) is 0. The van der Waals surface area contributed by atoms with Crippen molar-refractivity contribution in [3.63, 3.8) is 0 Å². The van der Waals surface area contributed by atoms with Crippen molar-refractivity contribution in [2.24, 2.45) is 0 Å². The molecule has 0 atom stereocenters. The summed E-state index contributed by atoms with van der Waals surface area (Å²) in [6.45, 7) is 8.52. The zero-order valence-corrected chi connectivity index (χ0v) is 21.3. The zero-order valence-electron chi connectivity index (χ0n) is 19.7. The Kier molecular flexibility index (Phi) is 7.70. The standard InChI is InChI=1S/C28H28N2O2S2/c1-4-29(5-2)23-16-15-22(25(18-23)32-19-21-12-7-6-8-13-21)17-26-27(31)30(28(33)34-26)24-14-10-9-11-20(24)3/h6-18H,4-5,19H2,1-3H3/b26-17+. The van der Waals surface area contributed by atoms with Gasteiger partial charge in [0.25, 0.3) is 5.91 Å². The third-order valence-corrected chi connectivity index (χ3v) is 7.10. The van der Waals surface area contributed by atoms with E-state index in [1.54, 1.807) is 4.90 Å². The van der Waals surface area contributed by atoms with Crippen LogP contribution in [-0.2, 0) is 11.4 Å². The van der Waals surface area contributed by atoms with Gasteiger partial charge in [0.15, 0.2) is 4.32 Å². The molecule has 3 aromatic rings. The second-order valence-corrected chi connectivity index (χ2v) is 9.65. The Hall–Kier alpha value is -3.09. The van der Waals surface area contributed by atoms with Crippen LogP contribution in [0.25, 0.3) is 6.08 Å². The fraction of sp³-hybridized carbons (Fsp3) is 0.214. The van der Waals surface area contributed by atoms with Crippen LogP contribution in [0.1, 0.15) is 30.5 Å². The molecule has 0 saturated carbocycles. The van der Waals surface area contributed by atoms with E-state index in [4.69, 9.17) is 17.0 Å². The highest BCUT2D eigenvalue weighted by atomic mass is 32.2. The molecule has 6 heteroatoms. The van der Waals surface area contributed by atoms with Crippen LogP contribution in [0.3, 0.4) is 0 Å². The predicted octanol–water partition coefficient (Wildman–Crippen LogP) is 6.83. The first-order valence-corrected chi connectivity index (χ1v) is 12.6. The molecule has 1 aliphatic heterocycles. The van der Waals surface area contributed by atoms with Gasteiger partial charge in [0.2, 0.25) is 0 Å². The summed E-state index contributed by atoms with van der Waals surface area (Å²) in [4.78, 5) is 17.8. The van der Waals surface area contributed by atoms with E-state index in [2.05, 4.69) is 30.9 Å². The van der Waals surface area contributed by atoms with Crippen molar-refractivity contribution in [3.8, 4) is 5.75 Å². The Morgan fingerprint density at radius 2 is 1.71 bits per heavy atom. The highest BCUT2D eigenvalue weighted by Crippen LogP contribution is 2.39. The van der Waals surface area contributed by atoms with E-state index in [1.165, 1.54) is 11.8 Å². The minimum Gasteiger partial charge on any atom is -0.488 e. The molecule has 0 radical (unpaired) electrons. The van der Waals surface area contributed by atoms with Gasteiger partial charge in [-0.1, -0.05) is 72.5 Å². The summed E-state index contributed by atoms with van der Waals surface area (Å²) >= 11 is 6.90. The van der Waals surface area contributed by atoms with Crippen LogP contribution < -0.4 is 14.5 Å². The fourth-order valence-electron chi connectivity index (χ4n) is 3.92. The first kappa shape index (κ1) is 24.0. The van der Waals surface area contributed by atoms with E-state index in [0.29, 0.717) is 15.8 Å². The monoisotopic (exact) mass is 488 g/mol. The lowest BCUT2D eigenvalue weighted by Crippen LogP contribution is -2.28. The smallest absolute Gasteiger partial charge is 0.270 e. The topological polar surface area (TPSA) is 32.8 Å². The number of benzene rings is 3. The molecule has 0 bridgehead atoms. The maximum Gasteiger partial charge on any atom is 0.270 e. The van der Waals surface area contributed by atoms with Gasteiger partial charge in [0.1, 0.15) is 12.4 Å². The van der Waals surface area contributed by atoms with Crippen molar-refractivity contribution >= 4 is 51.7 Å². The summed E-state index contributed by atoms with van der Waals surface area (Å²) in [5.74, 6) is 0.639. The number of thiocarbonyl (C=S) groups is 1. The maximum absolute atomic E-state index is 13.3. The van der Waals surface area contributed by atoms with E-state index in [9.17, 15) is 4.79 Å².